The summed E-state index contributed by atoms with van der Waals surface area (Å²) in [6.45, 7) is 8.31. The molecule has 0 aliphatic rings. The highest BCUT2D eigenvalue weighted by molar-refractivity contribution is 5.77. The second-order valence-electron chi connectivity index (χ2n) is 5.80. The van der Waals surface area contributed by atoms with Crippen LogP contribution in [0.1, 0.15) is 41.0 Å². The van der Waals surface area contributed by atoms with E-state index in [1.165, 1.54) is 13.8 Å². The van der Waals surface area contributed by atoms with Crippen LogP contribution in [0.4, 0.5) is 0 Å². The third kappa shape index (κ3) is 6.02. The first-order chi connectivity index (χ1) is 8.53. The average molecular weight is 275 g/mol. The monoisotopic (exact) mass is 275 g/mol. The Bertz CT molecular complexity index is 325. The lowest BCUT2D eigenvalue weighted by molar-refractivity contribution is -0.157. The highest BCUT2D eigenvalue weighted by Crippen LogP contribution is 2.21. The summed E-state index contributed by atoms with van der Waals surface area (Å²) in [7, 11) is 0. The Hall–Kier alpha value is -1.14. The predicted molar refractivity (Wildman–Crippen MR) is 70.8 cm³/mol. The van der Waals surface area contributed by atoms with Crippen molar-refractivity contribution in [1.29, 1.82) is 0 Å². The van der Waals surface area contributed by atoms with Crippen LogP contribution in [0.5, 0.6) is 0 Å². The third-order valence-electron chi connectivity index (χ3n) is 3.16. The molecule has 19 heavy (non-hydrogen) atoms. The molecule has 0 heterocycles. The van der Waals surface area contributed by atoms with Gasteiger partial charge in [0, 0.05) is 6.54 Å². The van der Waals surface area contributed by atoms with Gasteiger partial charge < -0.3 is 14.9 Å². The number of carbonyl (C=O) groups excluding carboxylic acids is 1. The van der Waals surface area contributed by atoms with Crippen LogP contribution in [0.3, 0.4) is 0 Å². The van der Waals surface area contributed by atoms with Crippen molar-refractivity contribution < 1.29 is 24.5 Å². The van der Waals surface area contributed by atoms with E-state index in [9.17, 15) is 14.7 Å². The number of carboxylic acid groups (broad SMARTS) is 1. The molecule has 1 atom stereocenters. The van der Waals surface area contributed by atoms with Crippen molar-refractivity contribution in [3.8, 4) is 0 Å². The Kier molecular flexibility index (Phi) is 6.45. The van der Waals surface area contributed by atoms with Crippen LogP contribution >= 0.6 is 0 Å². The fourth-order valence-corrected chi connectivity index (χ4v) is 1.02. The lowest BCUT2D eigenvalue weighted by Crippen LogP contribution is -2.50. The number of carboxylic acids is 1. The molecule has 0 amide bonds. The van der Waals surface area contributed by atoms with Crippen molar-refractivity contribution in [2.24, 2.45) is 5.41 Å². The first kappa shape index (κ1) is 17.9. The summed E-state index contributed by atoms with van der Waals surface area (Å²) in [6.07, 6.45) is -0.290. The Balaban J connectivity index is 4.11. The van der Waals surface area contributed by atoms with Gasteiger partial charge in [0.2, 0.25) is 0 Å². The second-order valence-corrected chi connectivity index (χ2v) is 5.80. The van der Waals surface area contributed by atoms with Crippen molar-refractivity contribution in [3.05, 3.63) is 0 Å². The van der Waals surface area contributed by atoms with E-state index >= 15 is 0 Å². The summed E-state index contributed by atoms with van der Waals surface area (Å²) in [5, 5.41) is 21.2. The third-order valence-corrected chi connectivity index (χ3v) is 3.16. The second kappa shape index (κ2) is 6.86. The van der Waals surface area contributed by atoms with Gasteiger partial charge in [-0.15, -0.1) is 0 Å². The molecular weight excluding hydrogens is 250 g/mol. The molecule has 0 spiro atoms. The van der Waals surface area contributed by atoms with E-state index in [-0.39, 0.29) is 19.1 Å². The maximum absolute atomic E-state index is 11.7. The number of esters is 1. The van der Waals surface area contributed by atoms with Gasteiger partial charge in [0.05, 0.1) is 5.41 Å². The Labute approximate surface area is 114 Å². The number of carbonyl (C=O) groups is 2. The number of rotatable bonds is 8. The zero-order valence-electron chi connectivity index (χ0n) is 12.3. The SMILES string of the molecule is CCC(C)(C)C(=O)OCC(O)CNC(C)(C)C(=O)O. The van der Waals surface area contributed by atoms with Gasteiger partial charge in [-0.3, -0.25) is 14.9 Å². The summed E-state index contributed by atoms with van der Waals surface area (Å²) in [6, 6.07) is 0. The van der Waals surface area contributed by atoms with Crippen molar-refractivity contribution in [2.45, 2.75) is 52.7 Å². The van der Waals surface area contributed by atoms with Gasteiger partial charge in [0.15, 0.2) is 0 Å². The van der Waals surface area contributed by atoms with Crippen LogP contribution in [-0.4, -0.2) is 46.9 Å². The van der Waals surface area contributed by atoms with Gasteiger partial charge in [-0.2, -0.15) is 0 Å². The molecule has 0 saturated heterocycles. The summed E-state index contributed by atoms with van der Waals surface area (Å²) >= 11 is 0. The van der Waals surface area contributed by atoms with Crippen molar-refractivity contribution in [1.82, 2.24) is 5.32 Å². The molecule has 0 aromatic rings. The standard InChI is InChI=1S/C13H25NO5/c1-6-12(2,3)11(18)19-8-9(15)7-14-13(4,5)10(16)17/h9,14-15H,6-8H2,1-5H3,(H,16,17). The normalized spacial score (nSPS) is 14.0. The van der Waals surface area contributed by atoms with Gasteiger partial charge in [0.1, 0.15) is 18.2 Å². The average Bonchev–Trinajstić information content (AvgIpc) is 2.33. The van der Waals surface area contributed by atoms with Crippen LogP contribution in [0.25, 0.3) is 0 Å². The lowest BCUT2D eigenvalue weighted by Gasteiger charge is -2.24. The number of nitrogens with one attached hydrogen (secondary N) is 1. The molecule has 0 aromatic heterocycles. The highest BCUT2D eigenvalue weighted by atomic mass is 16.5. The van der Waals surface area contributed by atoms with Gasteiger partial charge in [-0.05, 0) is 34.1 Å². The van der Waals surface area contributed by atoms with Crippen LogP contribution in [0, 0.1) is 5.41 Å². The van der Waals surface area contributed by atoms with Crippen molar-refractivity contribution >= 4 is 11.9 Å². The summed E-state index contributed by atoms with van der Waals surface area (Å²) < 4.78 is 5.01. The molecule has 6 nitrogen and oxygen atoms in total. The van der Waals surface area contributed by atoms with Crippen LogP contribution in [-0.2, 0) is 14.3 Å². The van der Waals surface area contributed by atoms with Crippen LogP contribution in [0.2, 0.25) is 0 Å². The fraction of sp³-hybridized carbons (Fsp3) is 0.846. The fourth-order valence-electron chi connectivity index (χ4n) is 1.02. The Morgan fingerprint density at radius 1 is 1.26 bits per heavy atom. The van der Waals surface area contributed by atoms with Crippen LogP contribution < -0.4 is 5.32 Å². The molecule has 0 aliphatic heterocycles. The molecule has 0 bridgehead atoms. The maximum atomic E-state index is 11.7. The molecule has 0 saturated carbocycles. The number of β-amino-alcohol motifs (C(OH)–C–C–N with tert-alkyl or cyclic N) is 1. The number of hydrogen-bond acceptors (Lipinski definition) is 5. The summed E-state index contributed by atoms with van der Waals surface area (Å²) in [5.41, 5.74) is -1.71. The minimum Gasteiger partial charge on any atom is -0.480 e. The van der Waals surface area contributed by atoms with Gasteiger partial charge in [-0.25, -0.2) is 0 Å². The summed E-state index contributed by atoms with van der Waals surface area (Å²) in [5.74, 6) is -1.38. The molecule has 0 fully saturated rings. The first-order valence-electron chi connectivity index (χ1n) is 6.36. The van der Waals surface area contributed by atoms with Gasteiger partial charge in [-0.1, -0.05) is 6.92 Å². The molecule has 0 rings (SSSR count). The zero-order chi connectivity index (χ0) is 15.3. The van der Waals surface area contributed by atoms with E-state index in [4.69, 9.17) is 9.84 Å². The summed E-state index contributed by atoms with van der Waals surface area (Å²) in [4.78, 5) is 22.5. The quantitative estimate of drug-likeness (QED) is 0.567. The lowest BCUT2D eigenvalue weighted by atomic mass is 9.91. The topological polar surface area (TPSA) is 95.9 Å². The Morgan fingerprint density at radius 2 is 1.79 bits per heavy atom. The molecule has 0 aliphatic carbocycles. The molecule has 1 unspecified atom stereocenters. The molecular formula is C13H25NO5. The number of hydrogen-bond donors (Lipinski definition) is 3. The van der Waals surface area contributed by atoms with E-state index in [1.807, 2.05) is 6.92 Å². The zero-order valence-corrected chi connectivity index (χ0v) is 12.3. The Morgan fingerprint density at radius 3 is 2.21 bits per heavy atom. The molecule has 0 aromatic carbocycles. The van der Waals surface area contributed by atoms with Gasteiger partial charge >= 0.3 is 11.9 Å². The van der Waals surface area contributed by atoms with Crippen LogP contribution in [0.15, 0.2) is 0 Å². The number of aliphatic carboxylic acids is 1. The van der Waals surface area contributed by atoms with E-state index in [0.717, 1.165) is 0 Å². The largest absolute Gasteiger partial charge is 0.480 e. The van der Waals surface area contributed by atoms with Crippen molar-refractivity contribution in [2.75, 3.05) is 13.2 Å². The van der Waals surface area contributed by atoms with E-state index in [2.05, 4.69) is 5.32 Å². The minimum atomic E-state index is -1.13. The number of ether oxygens (including phenoxy) is 1. The predicted octanol–water partition coefficient (Wildman–Crippen LogP) is 0.779. The van der Waals surface area contributed by atoms with E-state index in [1.54, 1.807) is 13.8 Å². The minimum absolute atomic E-state index is 0.0408. The highest BCUT2D eigenvalue weighted by Gasteiger charge is 2.29. The number of aliphatic hydroxyl groups excluding tert-OH is 1. The van der Waals surface area contributed by atoms with E-state index in [0.29, 0.717) is 6.42 Å². The van der Waals surface area contributed by atoms with Crippen molar-refractivity contribution in [3.63, 3.8) is 0 Å². The smallest absolute Gasteiger partial charge is 0.323 e. The van der Waals surface area contributed by atoms with Gasteiger partial charge in [0.25, 0.3) is 0 Å². The van der Waals surface area contributed by atoms with E-state index < -0.39 is 23.0 Å². The first-order valence-corrected chi connectivity index (χ1v) is 6.36. The molecule has 3 N–H and O–H groups in total. The molecule has 0 radical (unpaired) electrons. The number of aliphatic hydroxyl groups is 1. The maximum Gasteiger partial charge on any atom is 0.323 e. The molecule has 6 heteroatoms. The molecule has 112 valence electrons.